The molecule has 0 amide bonds. The Morgan fingerprint density at radius 2 is 1.70 bits per heavy atom. The summed E-state index contributed by atoms with van der Waals surface area (Å²) in [6.07, 6.45) is 2.47. The highest BCUT2D eigenvalue weighted by Gasteiger charge is 2.27. The van der Waals surface area contributed by atoms with Crippen molar-refractivity contribution >= 4 is 41.7 Å². The van der Waals surface area contributed by atoms with Gasteiger partial charge in [-0.25, -0.2) is 4.99 Å². The molecule has 0 aliphatic heterocycles. The summed E-state index contributed by atoms with van der Waals surface area (Å²) in [6, 6.07) is 19.5. The Morgan fingerprint density at radius 1 is 1.09 bits per heavy atom. The molecule has 0 radical (unpaired) electrons. The van der Waals surface area contributed by atoms with Gasteiger partial charge in [-0.05, 0) is 42.7 Å². The molecule has 1 fully saturated rings. The number of hydrogen-bond donors (Lipinski definition) is 1. The van der Waals surface area contributed by atoms with Gasteiger partial charge < -0.3 is 10.6 Å². The van der Waals surface area contributed by atoms with E-state index in [-0.39, 0.29) is 24.0 Å². The van der Waals surface area contributed by atoms with E-state index in [0.717, 1.165) is 0 Å². The van der Waals surface area contributed by atoms with Crippen LogP contribution >= 0.6 is 35.7 Å². The highest BCUT2D eigenvalue weighted by atomic mass is 127. The molecule has 1 saturated carbocycles. The second kappa shape index (κ2) is 8.59. The fourth-order valence-electron chi connectivity index (χ4n) is 2.22. The molecule has 0 spiro atoms. The van der Waals surface area contributed by atoms with Crippen molar-refractivity contribution in [1.29, 1.82) is 0 Å². The van der Waals surface area contributed by atoms with Crippen LogP contribution in [-0.4, -0.2) is 23.9 Å². The fourth-order valence-corrected chi connectivity index (χ4v) is 3.06. The molecular weight excluding hydrogens is 417 g/mol. The maximum atomic E-state index is 6.01. The fraction of sp³-hybridized carbons (Fsp3) is 0.278. The van der Waals surface area contributed by atoms with Crippen LogP contribution in [0.5, 0.6) is 0 Å². The monoisotopic (exact) mass is 439 g/mol. The molecule has 0 saturated heterocycles. The highest BCUT2D eigenvalue weighted by Crippen LogP contribution is 2.27. The van der Waals surface area contributed by atoms with E-state index in [1.807, 2.05) is 13.1 Å². The number of hydrogen-bond acceptors (Lipinski definition) is 2. The Kier molecular flexibility index (Phi) is 6.77. The predicted molar refractivity (Wildman–Crippen MR) is 109 cm³/mol. The minimum absolute atomic E-state index is 0. The van der Waals surface area contributed by atoms with Crippen molar-refractivity contribution in [2.45, 2.75) is 35.2 Å². The normalized spacial score (nSPS) is 14.2. The lowest BCUT2D eigenvalue weighted by atomic mass is 10.2. The molecule has 2 aromatic rings. The molecule has 0 atom stereocenters. The van der Waals surface area contributed by atoms with Crippen molar-refractivity contribution in [3.8, 4) is 0 Å². The van der Waals surface area contributed by atoms with Crippen LogP contribution in [0.4, 0.5) is 0 Å². The third kappa shape index (κ3) is 5.42. The van der Waals surface area contributed by atoms with Crippen LogP contribution < -0.4 is 5.73 Å². The Balaban J connectivity index is 0.00000192. The van der Waals surface area contributed by atoms with Gasteiger partial charge in [-0.3, -0.25) is 0 Å². The zero-order chi connectivity index (χ0) is 15.4. The van der Waals surface area contributed by atoms with Gasteiger partial charge in [0.1, 0.15) is 0 Å². The number of rotatable bonds is 5. The van der Waals surface area contributed by atoms with E-state index < -0.39 is 0 Å². The zero-order valence-corrected chi connectivity index (χ0v) is 16.3. The Morgan fingerprint density at radius 3 is 2.30 bits per heavy atom. The number of aliphatic imine (C=N–C) groups is 1. The first-order chi connectivity index (χ1) is 10.7. The lowest BCUT2D eigenvalue weighted by Crippen LogP contribution is -2.35. The Bertz CT molecular complexity index is 639. The van der Waals surface area contributed by atoms with Crippen molar-refractivity contribution in [3.05, 3.63) is 60.2 Å². The number of benzene rings is 2. The van der Waals surface area contributed by atoms with Gasteiger partial charge in [0, 0.05) is 22.9 Å². The smallest absolute Gasteiger partial charge is 0.191 e. The average molecular weight is 439 g/mol. The van der Waals surface area contributed by atoms with Gasteiger partial charge in [0.05, 0.1) is 6.54 Å². The van der Waals surface area contributed by atoms with E-state index >= 15 is 0 Å². The molecule has 0 aromatic heterocycles. The highest BCUT2D eigenvalue weighted by molar-refractivity contribution is 14.0. The largest absolute Gasteiger partial charge is 0.370 e. The molecule has 5 heteroatoms. The van der Waals surface area contributed by atoms with Gasteiger partial charge in [0.15, 0.2) is 5.96 Å². The first kappa shape index (κ1) is 18.1. The number of guanidine groups is 1. The summed E-state index contributed by atoms with van der Waals surface area (Å²) in [6.45, 7) is 0.638. The molecule has 2 aromatic carbocycles. The molecule has 1 aliphatic rings. The average Bonchev–Trinajstić information content (AvgIpc) is 3.39. The van der Waals surface area contributed by atoms with Crippen molar-refractivity contribution in [2.24, 2.45) is 10.7 Å². The quantitative estimate of drug-likeness (QED) is 0.428. The van der Waals surface area contributed by atoms with Crippen LogP contribution in [-0.2, 0) is 6.54 Å². The van der Waals surface area contributed by atoms with E-state index in [1.165, 1.54) is 28.2 Å². The molecule has 0 unspecified atom stereocenters. The van der Waals surface area contributed by atoms with Gasteiger partial charge >= 0.3 is 0 Å². The summed E-state index contributed by atoms with van der Waals surface area (Å²) >= 11 is 1.77. The van der Waals surface area contributed by atoms with Crippen LogP contribution in [0.25, 0.3) is 0 Å². The molecule has 23 heavy (non-hydrogen) atoms. The molecule has 122 valence electrons. The zero-order valence-electron chi connectivity index (χ0n) is 13.2. The molecule has 0 bridgehead atoms. The third-order valence-corrected chi connectivity index (χ3v) is 4.80. The minimum atomic E-state index is 0. The summed E-state index contributed by atoms with van der Waals surface area (Å²) in [4.78, 5) is 9.06. The summed E-state index contributed by atoms with van der Waals surface area (Å²) in [7, 11) is 2.02. The maximum absolute atomic E-state index is 6.01. The Labute approximate surface area is 159 Å². The SMILES string of the molecule is CN(C(N)=NCc1ccc(Sc2ccccc2)cc1)C1CC1.I. The van der Waals surface area contributed by atoms with Crippen molar-refractivity contribution in [2.75, 3.05) is 7.05 Å². The number of halogens is 1. The number of nitrogens with two attached hydrogens (primary N) is 1. The second-order valence-electron chi connectivity index (χ2n) is 5.58. The molecule has 0 heterocycles. The van der Waals surface area contributed by atoms with E-state index in [2.05, 4.69) is 58.4 Å². The van der Waals surface area contributed by atoms with Gasteiger partial charge in [-0.1, -0.05) is 42.1 Å². The predicted octanol–water partition coefficient (Wildman–Crippen LogP) is 4.36. The molecule has 3 rings (SSSR count). The van der Waals surface area contributed by atoms with Crippen LogP contribution in [0.3, 0.4) is 0 Å². The lowest BCUT2D eigenvalue weighted by Gasteiger charge is -2.16. The first-order valence-corrected chi connectivity index (χ1v) is 8.38. The molecular formula is C18H22IN3S. The topological polar surface area (TPSA) is 41.6 Å². The summed E-state index contributed by atoms with van der Waals surface area (Å²) in [5.41, 5.74) is 7.19. The van der Waals surface area contributed by atoms with E-state index in [4.69, 9.17) is 5.73 Å². The third-order valence-electron chi connectivity index (χ3n) is 3.78. The van der Waals surface area contributed by atoms with Gasteiger partial charge in [0.2, 0.25) is 0 Å². The van der Waals surface area contributed by atoms with E-state index in [9.17, 15) is 0 Å². The van der Waals surface area contributed by atoms with Crippen molar-refractivity contribution < 1.29 is 0 Å². The lowest BCUT2D eigenvalue weighted by molar-refractivity contribution is 0.487. The van der Waals surface area contributed by atoms with Crippen LogP contribution in [0.1, 0.15) is 18.4 Å². The van der Waals surface area contributed by atoms with E-state index in [1.54, 1.807) is 11.8 Å². The summed E-state index contributed by atoms with van der Waals surface area (Å²) in [5.74, 6) is 0.644. The summed E-state index contributed by atoms with van der Waals surface area (Å²) in [5, 5.41) is 0. The van der Waals surface area contributed by atoms with Gasteiger partial charge in [0.25, 0.3) is 0 Å². The van der Waals surface area contributed by atoms with Gasteiger partial charge in [-0.15, -0.1) is 24.0 Å². The molecule has 2 N–H and O–H groups in total. The molecule has 3 nitrogen and oxygen atoms in total. The summed E-state index contributed by atoms with van der Waals surface area (Å²) < 4.78 is 0. The van der Waals surface area contributed by atoms with Crippen LogP contribution in [0.15, 0.2) is 69.4 Å². The first-order valence-electron chi connectivity index (χ1n) is 7.57. The molecule has 1 aliphatic carbocycles. The van der Waals surface area contributed by atoms with Crippen molar-refractivity contribution in [1.82, 2.24) is 4.90 Å². The van der Waals surface area contributed by atoms with Crippen LogP contribution in [0.2, 0.25) is 0 Å². The van der Waals surface area contributed by atoms with Gasteiger partial charge in [-0.2, -0.15) is 0 Å². The minimum Gasteiger partial charge on any atom is -0.370 e. The van der Waals surface area contributed by atoms with Crippen LogP contribution in [0, 0.1) is 0 Å². The van der Waals surface area contributed by atoms with Crippen molar-refractivity contribution in [3.63, 3.8) is 0 Å². The second-order valence-corrected chi connectivity index (χ2v) is 6.72. The Hall–Kier alpha value is -1.21. The maximum Gasteiger partial charge on any atom is 0.191 e. The number of nitrogens with zero attached hydrogens (tertiary/aromatic N) is 2. The van der Waals surface area contributed by atoms with E-state index in [0.29, 0.717) is 18.5 Å². The standard InChI is InChI=1S/C18H21N3S.HI/c1-21(15-9-10-15)18(19)20-13-14-7-11-17(12-8-14)22-16-5-3-2-4-6-16;/h2-8,11-12,15H,9-10,13H2,1H3,(H2,19,20);1H.